The van der Waals surface area contributed by atoms with E-state index in [0.717, 1.165) is 39.1 Å². The van der Waals surface area contributed by atoms with Crippen LogP contribution in [0.15, 0.2) is 48.5 Å². The van der Waals surface area contributed by atoms with Crippen LogP contribution >= 0.6 is 0 Å². The molecule has 2 aromatic rings. The topological polar surface area (TPSA) is 65.8 Å². The molecule has 0 aliphatic carbocycles. The molecule has 2 aliphatic rings. The van der Waals surface area contributed by atoms with Crippen LogP contribution in [0.25, 0.3) is 0 Å². The maximum absolute atomic E-state index is 13.3. The van der Waals surface area contributed by atoms with Gasteiger partial charge in [-0.1, -0.05) is 24.3 Å². The first-order valence-corrected chi connectivity index (χ1v) is 11.0. The van der Waals surface area contributed by atoms with Crippen LogP contribution in [0.1, 0.15) is 41.3 Å². The van der Waals surface area contributed by atoms with E-state index in [4.69, 9.17) is 14.7 Å². The van der Waals surface area contributed by atoms with E-state index >= 15 is 0 Å². The molecule has 2 aliphatic heterocycles. The number of carbonyl (C=O) groups is 1. The molecular formula is C25H29N3O3. The van der Waals surface area contributed by atoms with E-state index in [1.54, 1.807) is 0 Å². The quantitative estimate of drug-likeness (QED) is 0.717. The number of piperazine rings is 1. The summed E-state index contributed by atoms with van der Waals surface area (Å²) in [5, 5.41) is 8.95. The zero-order valence-electron chi connectivity index (χ0n) is 18.0. The van der Waals surface area contributed by atoms with Crippen molar-refractivity contribution in [1.29, 1.82) is 5.26 Å². The van der Waals surface area contributed by atoms with Gasteiger partial charge in [0.1, 0.15) is 12.4 Å². The highest BCUT2D eigenvalue weighted by atomic mass is 16.5. The largest absolute Gasteiger partial charge is 0.490 e. The van der Waals surface area contributed by atoms with Gasteiger partial charge in [0.25, 0.3) is 5.91 Å². The second-order valence-corrected chi connectivity index (χ2v) is 8.33. The van der Waals surface area contributed by atoms with Crippen LogP contribution in [0.3, 0.4) is 0 Å². The van der Waals surface area contributed by atoms with Crippen LogP contribution in [-0.4, -0.2) is 60.7 Å². The Bertz CT molecular complexity index is 932. The smallest absolute Gasteiger partial charge is 0.257 e. The Morgan fingerprint density at radius 3 is 2.71 bits per heavy atom. The first-order valence-electron chi connectivity index (χ1n) is 11.0. The minimum absolute atomic E-state index is 0.0217. The number of nitrogens with zero attached hydrogens (tertiary/aromatic N) is 3. The monoisotopic (exact) mass is 419 g/mol. The van der Waals surface area contributed by atoms with E-state index in [1.165, 1.54) is 5.56 Å². The summed E-state index contributed by atoms with van der Waals surface area (Å²) < 4.78 is 11.6. The van der Waals surface area contributed by atoms with Crippen LogP contribution in [0.2, 0.25) is 0 Å². The molecule has 2 atom stereocenters. The minimum atomic E-state index is 0.0217. The lowest BCUT2D eigenvalue weighted by molar-refractivity contribution is 0.0461. The van der Waals surface area contributed by atoms with Crippen LogP contribution in [0, 0.1) is 11.3 Å². The van der Waals surface area contributed by atoms with Gasteiger partial charge in [-0.2, -0.15) is 5.26 Å². The van der Waals surface area contributed by atoms with Crippen LogP contribution < -0.4 is 4.74 Å². The standard InChI is InChI=1S/C25H29N3O3/c1-19-16-27(17-21-10-8-20(15-26)9-11-21)12-13-28(19)25(29)23-6-2-3-7-24(23)31-18-22-5-4-14-30-22/h2-3,6-11,19,22H,4-5,12-14,16-18H2,1H3/t19-,22-/m0/s1. The van der Waals surface area contributed by atoms with Crippen molar-refractivity contribution in [3.63, 3.8) is 0 Å². The van der Waals surface area contributed by atoms with E-state index in [2.05, 4.69) is 17.9 Å². The van der Waals surface area contributed by atoms with Crippen molar-refractivity contribution in [2.75, 3.05) is 32.8 Å². The number of hydrogen-bond donors (Lipinski definition) is 0. The molecule has 0 aromatic heterocycles. The number of rotatable bonds is 6. The molecule has 162 valence electrons. The first-order chi connectivity index (χ1) is 15.1. The SMILES string of the molecule is C[C@H]1CN(Cc2ccc(C#N)cc2)CCN1C(=O)c1ccccc1OC[C@@H]1CCCO1. The normalized spacial score (nSPS) is 21.6. The van der Waals surface area contributed by atoms with Crippen molar-refractivity contribution in [2.45, 2.75) is 38.5 Å². The molecule has 31 heavy (non-hydrogen) atoms. The molecule has 0 bridgehead atoms. The van der Waals surface area contributed by atoms with E-state index in [0.29, 0.717) is 30.0 Å². The van der Waals surface area contributed by atoms with Gasteiger partial charge in [0.15, 0.2) is 0 Å². The van der Waals surface area contributed by atoms with Crippen molar-refractivity contribution >= 4 is 5.91 Å². The zero-order chi connectivity index (χ0) is 21.6. The van der Waals surface area contributed by atoms with Crippen molar-refractivity contribution in [3.8, 4) is 11.8 Å². The van der Waals surface area contributed by atoms with Crippen LogP contribution in [-0.2, 0) is 11.3 Å². The molecular weight excluding hydrogens is 390 g/mol. The lowest BCUT2D eigenvalue weighted by Crippen LogP contribution is -2.53. The third-order valence-corrected chi connectivity index (χ3v) is 6.03. The van der Waals surface area contributed by atoms with Crippen molar-refractivity contribution in [3.05, 3.63) is 65.2 Å². The van der Waals surface area contributed by atoms with E-state index in [1.807, 2.05) is 53.4 Å². The molecule has 6 nitrogen and oxygen atoms in total. The number of nitriles is 1. The van der Waals surface area contributed by atoms with E-state index in [9.17, 15) is 4.79 Å². The predicted octanol–water partition coefficient (Wildman–Crippen LogP) is 3.46. The fourth-order valence-electron chi connectivity index (χ4n) is 4.30. The highest BCUT2D eigenvalue weighted by Crippen LogP contribution is 2.24. The third kappa shape index (κ3) is 5.25. The second-order valence-electron chi connectivity index (χ2n) is 8.33. The van der Waals surface area contributed by atoms with E-state index < -0.39 is 0 Å². The number of amides is 1. The van der Waals surface area contributed by atoms with E-state index in [-0.39, 0.29) is 18.1 Å². The Balaban J connectivity index is 1.37. The van der Waals surface area contributed by atoms with Crippen molar-refractivity contribution < 1.29 is 14.3 Å². The summed E-state index contributed by atoms with van der Waals surface area (Å²) in [6.45, 7) is 6.49. The van der Waals surface area contributed by atoms with Gasteiger partial charge in [-0.3, -0.25) is 9.69 Å². The van der Waals surface area contributed by atoms with Gasteiger partial charge in [0.05, 0.1) is 23.3 Å². The summed E-state index contributed by atoms with van der Waals surface area (Å²) in [7, 11) is 0. The van der Waals surface area contributed by atoms with Gasteiger partial charge < -0.3 is 14.4 Å². The first kappa shape index (κ1) is 21.4. The number of carbonyl (C=O) groups excluding carboxylic acids is 1. The molecule has 4 rings (SSSR count). The van der Waals surface area contributed by atoms with Gasteiger partial charge in [0, 0.05) is 38.8 Å². The molecule has 0 unspecified atom stereocenters. The lowest BCUT2D eigenvalue weighted by Gasteiger charge is -2.40. The van der Waals surface area contributed by atoms with Crippen molar-refractivity contribution in [2.24, 2.45) is 0 Å². The summed E-state index contributed by atoms with van der Waals surface area (Å²) in [6.07, 6.45) is 2.19. The fraction of sp³-hybridized carbons (Fsp3) is 0.440. The zero-order valence-corrected chi connectivity index (χ0v) is 18.0. The molecule has 2 heterocycles. The average Bonchev–Trinajstić information content (AvgIpc) is 3.32. The van der Waals surface area contributed by atoms with Gasteiger partial charge in [0.2, 0.25) is 0 Å². The fourth-order valence-corrected chi connectivity index (χ4v) is 4.30. The molecule has 0 spiro atoms. The Kier molecular flexibility index (Phi) is 6.86. The van der Waals surface area contributed by atoms with Gasteiger partial charge >= 0.3 is 0 Å². The molecule has 0 N–H and O–H groups in total. The number of benzene rings is 2. The Morgan fingerprint density at radius 1 is 1.19 bits per heavy atom. The molecule has 2 aromatic carbocycles. The highest BCUT2D eigenvalue weighted by molar-refractivity contribution is 5.97. The maximum atomic E-state index is 13.3. The van der Waals surface area contributed by atoms with Gasteiger partial charge in [-0.05, 0) is 49.6 Å². The van der Waals surface area contributed by atoms with Crippen LogP contribution in [0.5, 0.6) is 5.75 Å². The summed E-state index contributed by atoms with van der Waals surface area (Å²) in [5.41, 5.74) is 2.47. The maximum Gasteiger partial charge on any atom is 0.257 e. The van der Waals surface area contributed by atoms with Crippen LogP contribution in [0.4, 0.5) is 0 Å². The third-order valence-electron chi connectivity index (χ3n) is 6.03. The second kappa shape index (κ2) is 9.95. The lowest BCUT2D eigenvalue weighted by atomic mass is 10.1. The highest BCUT2D eigenvalue weighted by Gasteiger charge is 2.29. The summed E-state index contributed by atoms with van der Waals surface area (Å²) in [4.78, 5) is 17.6. The van der Waals surface area contributed by atoms with Crippen molar-refractivity contribution in [1.82, 2.24) is 9.80 Å². The molecule has 0 radical (unpaired) electrons. The number of para-hydroxylation sites is 1. The molecule has 6 heteroatoms. The number of hydrogen-bond acceptors (Lipinski definition) is 5. The summed E-state index contributed by atoms with van der Waals surface area (Å²) >= 11 is 0. The molecule has 2 fully saturated rings. The van der Waals surface area contributed by atoms with Gasteiger partial charge in [-0.25, -0.2) is 0 Å². The Labute approximate surface area is 184 Å². The van der Waals surface area contributed by atoms with Gasteiger partial charge in [-0.15, -0.1) is 0 Å². The summed E-state index contributed by atoms with van der Waals surface area (Å²) in [5.74, 6) is 0.656. The number of ether oxygens (including phenoxy) is 2. The molecule has 0 saturated carbocycles. The molecule has 1 amide bonds. The Morgan fingerprint density at radius 2 is 2.00 bits per heavy atom. The minimum Gasteiger partial charge on any atom is -0.490 e. The average molecular weight is 420 g/mol. The Hall–Kier alpha value is -2.88. The summed E-state index contributed by atoms with van der Waals surface area (Å²) in [6, 6.07) is 17.5. The predicted molar refractivity (Wildman–Crippen MR) is 118 cm³/mol. The molecule has 2 saturated heterocycles.